The number of anilines is 2. The van der Waals surface area contributed by atoms with Crippen molar-refractivity contribution in [1.82, 2.24) is 9.97 Å². The molecule has 1 aliphatic rings. The van der Waals surface area contributed by atoms with E-state index in [1.54, 1.807) is 0 Å². The molecular formula is C26H32N4O. The molecule has 5 nitrogen and oxygen atoms in total. The van der Waals surface area contributed by atoms with Crippen LogP contribution in [0.1, 0.15) is 61.6 Å². The summed E-state index contributed by atoms with van der Waals surface area (Å²) in [7, 11) is 0. The lowest BCUT2D eigenvalue weighted by Gasteiger charge is -2.31. The Hall–Kier alpha value is -2.92. The molecule has 0 radical (unpaired) electrons. The van der Waals surface area contributed by atoms with Gasteiger partial charge in [0, 0.05) is 25.7 Å². The predicted molar refractivity (Wildman–Crippen MR) is 126 cm³/mol. The van der Waals surface area contributed by atoms with Crippen molar-refractivity contribution >= 4 is 11.8 Å². The second kappa shape index (κ2) is 8.67. The molecule has 1 aromatic heterocycles. The van der Waals surface area contributed by atoms with E-state index in [1.807, 2.05) is 38.1 Å². The molecule has 0 fully saturated rings. The summed E-state index contributed by atoms with van der Waals surface area (Å²) in [5.74, 6) is 1.96. The zero-order valence-corrected chi connectivity index (χ0v) is 18.9. The van der Waals surface area contributed by atoms with Crippen LogP contribution in [0.2, 0.25) is 0 Å². The number of hydrogen-bond acceptors (Lipinski definition) is 5. The van der Waals surface area contributed by atoms with Crippen LogP contribution in [0.4, 0.5) is 11.8 Å². The molecule has 4 rings (SSSR count). The largest absolute Gasteiger partial charge is 0.386 e. The predicted octanol–water partition coefficient (Wildman–Crippen LogP) is 5.00. The summed E-state index contributed by atoms with van der Waals surface area (Å²) < 4.78 is 0. The van der Waals surface area contributed by atoms with Gasteiger partial charge in [0.1, 0.15) is 5.82 Å². The smallest absolute Gasteiger partial charge is 0.225 e. The number of hydrogen-bond donors (Lipinski definition) is 2. The van der Waals surface area contributed by atoms with Crippen LogP contribution in [-0.4, -0.2) is 21.6 Å². The minimum absolute atomic E-state index is 0.324. The van der Waals surface area contributed by atoms with Gasteiger partial charge < -0.3 is 15.3 Å². The molecule has 0 atom stereocenters. The summed E-state index contributed by atoms with van der Waals surface area (Å²) >= 11 is 0. The van der Waals surface area contributed by atoms with E-state index >= 15 is 0 Å². The van der Waals surface area contributed by atoms with Crippen LogP contribution in [-0.2, 0) is 25.1 Å². The summed E-state index contributed by atoms with van der Waals surface area (Å²) in [6, 6.07) is 18.8. The highest BCUT2D eigenvalue weighted by molar-refractivity contribution is 5.49. The molecule has 0 unspecified atom stereocenters. The van der Waals surface area contributed by atoms with Crippen molar-refractivity contribution in [1.29, 1.82) is 0 Å². The number of aliphatic hydroxyl groups is 1. The molecule has 0 spiro atoms. The Balaban J connectivity index is 1.56. The van der Waals surface area contributed by atoms with Crippen molar-refractivity contribution in [3.05, 3.63) is 82.5 Å². The first-order valence-electron chi connectivity index (χ1n) is 11.1. The Morgan fingerprint density at radius 2 is 1.81 bits per heavy atom. The van der Waals surface area contributed by atoms with Gasteiger partial charge in [0.25, 0.3) is 0 Å². The molecule has 162 valence electrons. The fraction of sp³-hybridized carbons (Fsp3) is 0.385. The van der Waals surface area contributed by atoms with E-state index < -0.39 is 5.60 Å². The van der Waals surface area contributed by atoms with Gasteiger partial charge in [-0.25, -0.2) is 4.98 Å². The zero-order chi connectivity index (χ0) is 22.0. The minimum Gasteiger partial charge on any atom is -0.386 e. The Bertz CT molecular complexity index is 1040. The molecule has 0 aliphatic carbocycles. The molecule has 0 saturated carbocycles. The first-order chi connectivity index (χ1) is 14.8. The minimum atomic E-state index is -0.815. The number of fused-ring (bicyclic) bond motifs is 1. The molecule has 5 heteroatoms. The van der Waals surface area contributed by atoms with Crippen LogP contribution in [0, 0.1) is 0 Å². The van der Waals surface area contributed by atoms with Crippen molar-refractivity contribution < 1.29 is 5.11 Å². The van der Waals surface area contributed by atoms with Gasteiger partial charge in [-0.05, 0) is 48.4 Å². The van der Waals surface area contributed by atoms with Gasteiger partial charge in [0.2, 0.25) is 5.95 Å². The van der Waals surface area contributed by atoms with Gasteiger partial charge in [0.05, 0.1) is 11.3 Å². The fourth-order valence-corrected chi connectivity index (χ4v) is 3.90. The Kier molecular flexibility index (Phi) is 5.96. The van der Waals surface area contributed by atoms with E-state index in [0.717, 1.165) is 36.6 Å². The normalized spacial score (nSPS) is 13.9. The van der Waals surface area contributed by atoms with Crippen molar-refractivity contribution in [2.75, 3.05) is 16.8 Å². The van der Waals surface area contributed by atoms with Crippen molar-refractivity contribution in [2.24, 2.45) is 0 Å². The number of benzene rings is 2. The molecule has 0 saturated heterocycles. The third kappa shape index (κ3) is 5.05. The second-order valence-corrected chi connectivity index (χ2v) is 9.18. The number of nitrogens with one attached hydrogen (secondary N) is 1. The van der Waals surface area contributed by atoms with Gasteiger partial charge in [-0.3, -0.25) is 0 Å². The van der Waals surface area contributed by atoms with Gasteiger partial charge in [-0.1, -0.05) is 62.4 Å². The van der Waals surface area contributed by atoms with E-state index in [-0.39, 0.29) is 0 Å². The van der Waals surface area contributed by atoms with E-state index in [9.17, 15) is 5.11 Å². The fourth-order valence-electron chi connectivity index (χ4n) is 3.90. The van der Waals surface area contributed by atoms with Crippen LogP contribution >= 0.6 is 0 Å². The number of nitrogens with zero attached hydrogens (tertiary/aromatic N) is 3. The van der Waals surface area contributed by atoms with Crippen LogP contribution in [0.15, 0.2) is 54.6 Å². The number of rotatable bonds is 6. The molecule has 0 bridgehead atoms. The van der Waals surface area contributed by atoms with Gasteiger partial charge >= 0.3 is 0 Å². The van der Waals surface area contributed by atoms with Gasteiger partial charge in [0.15, 0.2) is 0 Å². The second-order valence-electron chi connectivity index (χ2n) is 9.18. The van der Waals surface area contributed by atoms with Crippen LogP contribution in [0.25, 0.3) is 0 Å². The highest BCUT2D eigenvalue weighted by atomic mass is 16.3. The Morgan fingerprint density at radius 3 is 2.52 bits per heavy atom. The van der Waals surface area contributed by atoms with E-state index in [1.165, 1.54) is 16.7 Å². The molecule has 3 aromatic rings. The maximum absolute atomic E-state index is 10.3. The lowest BCUT2D eigenvalue weighted by atomic mass is 9.91. The Labute approximate surface area is 185 Å². The third-order valence-electron chi connectivity index (χ3n) is 5.87. The SMILES string of the molecule is CC(C)c1cc(N2CCc3cc(C(C)(C)O)ccc3C2)nc(NCc2ccccc2)n1. The standard InChI is InChI=1S/C26H32N4O/c1-18(2)23-15-24(29-25(28-23)27-16-19-8-6-5-7-9-19)30-13-12-20-14-22(26(3,4)31)11-10-21(20)17-30/h5-11,14-15,18,31H,12-13,16-17H2,1-4H3,(H,27,28,29). The molecule has 0 amide bonds. The highest BCUT2D eigenvalue weighted by Gasteiger charge is 2.22. The van der Waals surface area contributed by atoms with Crippen LogP contribution in [0.3, 0.4) is 0 Å². The molecular weight excluding hydrogens is 384 g/mol. The average molecular weight is 417 g/mol. The lowest BCUT2D eigenvalue weighted by Crippen LogP contribution is -2.32. The Morgan fingerprint density at radius 1 is 1.03 bits per heavy atom. The number of aromatic nitrogens is 2. The van der Waals surface area contributed by atoms with Gasteiger partial charge in [-0.2, -0.15) is 4.98 Å². The maximum Gasteiger partial charge on any atom is 0.225 e. The quantitative estimate of drug-likeness (QED) is 0.592. The van der Waals surface area contributed by atoms with E-state index in [2.05, 4.69) is 54.4 Å². The summed E-state index contributed by atoms with van der Waals surface area (Å²) in [6.07, 6.45) is 0.938. The summed E-state index contributed by atoms with van der Waals surface area (Å²) in [6.45, 7) is 10.4. The summed E-state index contributed by atoms with van der Waals surface area (Å²) in [5.41, 5.74) is 5.01. The first-order valence-corrected chi connectivity index (χ1v) is 11.1. The molecule has 2 N–H and O–H groups in total. The summed E-state index contributed by atoms with van der Waals surface area (Å²) in [5, 5.41) is 13.7. The lowest BCUT2D eigenvalue weighted by molar-refractivity contribution is 0.0785. The summed E-state index contributed by atoms with van der Waals surface area (Å²) in [4.78, 5) is 11.9. The van der Waals surface area contributed by atoms with Crippen molar-refractivity contribution in [3.8, 4) is 0 Å². The van der Waals surface area contributed by atoms with Gasteiger partial charge in [-0.15, -0.1) is 0 Å². The molecule has 31 heavy (non-hydrogen) atoms. The monoisotopic (exact) mass is 416 g/mol. The third-order valence-corrected chi connectivity index (χ3v) is 5.87. The topological polar surface area (TPSA) is 61.3 Å². The maximum atomic E-state index is 10.3. The van der Waals surface area contributed by atoms with Crippen LogP contribution < -0.4 is 10.2 Å². The van der Waals surface area contributed by atoms with Crippen LogP contribution in [0.5, 0.6) is 0 Å². The van der Waals surface area contributed by atoms with E-state index in [4.69, 9.17) is 9.97 Å². The van der Waals surface area contributed by atoms with Crippen molar-refractivity contribution in [2.45, 2.75) is 58.7 Å². The highest BCUT2D eigenvalue weighted by Crippen LogP contribution is 2.29. The van der Waals surface area contributed by atoms with Crippen molar-refractivity contribution in [3.63, 3.8) is 0 Å². The van der Waals surface area contributed by atoms with E-state index in [0.29, 0.717) is 18.4 Å². The molecule has 2 heterocycles. The molecule has 2 aromatic carbocycles. The first kappa shape index (κ1) is 21.3. The zero-order valence-electron chi connectivity index (χ0n) is 18.9. The molecule has 1 aliphatic heterocycles. The average Bonchev–Trinajstić information content (AvgIpc) is 2.77.